The average Bonchev–Trinajstić information content (AvgIpc) is 2.61. The van der Waals surface area contributed by atoms with Crippen molar-refractivity contribution in [3.05, 3.63) is 59.2 Å². The van der Waals surface area contributed by atoms with Crippen molar-refractivity contribution in [2.75, 3.05) is 10.6 Å². The molecule has 1 aliphatic heterocycles. The lowest BCUT2D eigenvalue weighted by molar-refractivity contribution is -0.142. The summed E-state index contributed by atoms with van der Waals surface area (Å²) in [6.45, 7) is 3.27. The Balaban J connectivity index is 1.74. The summed E-state index contributed by atoms with van der Waals surface area (Å²) in [5.74, 6) is -1.18. The molecular formula is C20H20N2O4. The van der Waals surface area contributed by atoms with E-state index in [1.165, 1.54) is 0 Å². The van der Waals surface area contributed by atoms with Crippen LogP contribution in [0.4, 0.5) is 11.4 Å². The van der Waals surface area contributed by atoms with Gasteiger partial charge in [-0.05, 0) is 61.7 Å². The second kappa shape index (κ2) is 6.63. The topological polar surface area (TPSA) is 95.5 Å². The highest BCUT2D eigenvalue weighted by atomic mass is 16.4. The minimum atomic E-state index is -0.995. The predicted molar refractivity (Wildman–Crippen MR) is 98.4 cm³/mol. The van der Waals surface area contributed by atoms with Crippen LogP contribution in [0.1, 0.15) is 41.8 Å². The van der Waals surface area contributed by atoms with Crippen molar-refractivity contribution in [2.24, 2.45) is 0 Å². The molecule has 26 heavy (non-hydrogen) atoms. The van der Waals surface area contributed by atoms with Gasteiger partial charge in [0.1, 0.15) is 0 Å². The van der Waals surface area contributed by atoms with Crippen LogP contribution in [-0.4, -0.2) is 22.9 Å². The van der Waals surface area contributed by atoms with Gasteiger partial charge >= 0.3 is 5.97 Å². The van der Waals surface area contributed by atoms with Gasteiger partial charge in [0.25, 0.3) is 5.91 Å². The number of benzene rings is 2. The summed E-state index contributed by atoms with van der Waals surface area (Å²) in [5, 5.41) is 14.9. The number of carbonyl (C=O) groups is 3. The number of anilines is 2. The molecule has 0 aliphatic carbocycles. The molecule has 1 heterocycles. The van der Waals surface area contributed by atoms with Crippen molar-refractivity contribution < 1.29 is 19.5 Å². The molecule has 0 radical (unpaired) electrons. The van der Waals surface area contributed by atoms with Crippen molar-refractivity contribution in [1.29, 1.82) is 0 Å². The number of rotatable bonds is 4. The Hall–Kier alpha value is -3.15. The largest absolute Gasteiger partial charge is 0.481 e. The van der Waals surface area contributed by atoms with Gasteiger partial charge in [-0.2, -0.15) is 0 Å². The van der Waals surface area contributed by atoms with Crippen LogP contribution in [0.25, 0.3) is 0 Å². The van der Waals surface area contributed by atoms with Gasteiger partial charge in [0.15, 0.2) is 0 Å². The lowest BCUT2D eigenvalue weighted by atomic mass is 9.85. The summed E-state index contributed by atoms with van der Waals surface area (Å²) in [4.78, 5) is 35.2. The molecule has 1 aliphatic rings. The number of fused-ring (bicyclic) bond motifs is 1. The molecule has 0 spiro atoms. The number of amides is 2. The zero-order chi connectivity index (χ0) is 18.9. The van der Waals surface area contributed by atoms with Crippen LogP contribution >= 0.6 is 0 Å². The lowest BCUT2D eigenvalue weighted by Crippen LogP contribution is -2.28. The molecule has 2 aromatic carbocycles. The Morgan fingerprint density at radius 3 is 2.42 bits per heavy atom. The van der Waals surface area contributed by atoms with Crippen molar-refractivity contribution in [2.45, 2.75) is 32.1 Å². The normalized spacial score (nSPS) is 13.5. The van der Waals surface area contributed by atoms with Crippen LogP contribution in [0.15, 0.2) is 42.5 Å². The van der Waals surface area contributed by atoms with Gasteiger partial charge in [-0.3, -0.25) is 14.4 Å². The highest BCUT2D eigenvalue weighted by Gasteiger charge is 2.29. The second-order valence-corrected chi connectivity index (χ2v) is 6.88. The van der Waals surface area contributed by atoms with Gasteiger partial charge in [0.2, 0.25) is 5.91 Å². The maximum absolute atomic E-state index is 12.5. The van der Waals surface area contributed by atoms with E-state index in [9.17, 15) is 19.5 Å². The van der Waals surface area contributed by atoms with Crippen LogP contribution in [0.3, 0.4) is 0 Å². The van der Waals surface area contributed by atoms with E-state index in [4.69, 9.17) is 0 Å². The van der Waals surface area contributed by atoms with E-state index < -0.39 is 11.4 Å². The highest BCUT2D eigenvalue weighted by Crippen LogP contribution is 2.26. The number of carboxylic acid groups (broad SMARTS) is 1. The maximum atomic E-state index is 12.5. The number of hydrogen-bond acceptors (Lipinski definition) is 3. The molecule has 0 atom stereocenters. The first kappa shape index (κ1) is 17.7. The van der Waals surface area contributed by atoms with Gasteiger partial charge in [-0.15, -0.1) is 0 Å². The Labute approximate surface area is 151 Å². The fourth-order valence-corrected chi connectivity index (χ4v) is 2.82. The van der Waals surface area contributed by atoms with Gasteiger partial charge in [-0.25, -0.2) is 0 Å². The molecular weight excluding hydrogens is 332 g/mol. The van der Waals surface area contributed by atoms with E-state index in [0.29, 0.717) is 29.7 Å². The molecule has 6 nitrogen and oxygen atoms in total. The summed E-state index contributed by atoms with van der Waals surface area (Å²) in [5.41, 5.74) is 2.45. The van der Waals surface area contributed by atoms with E-state index in [0.717, 1.165) is 11.3 Å². The van der Waals surface area contributed by atoms with Crippen molar-refractivity contribution in [3.8, 4) is 0 Å². The van der Waals surface area contributed by atoms with Gasteiger partial charge in [-0.1, -0.05) is 12.1 Å². The van der Waals surface area contributed by atoms with Crippen molar-refractivity contribution >= 4 is 29.2 Å². The van der Waals surface area contributed by atoms with E-state index in [1.54, 1.807) is 56.3 Å². The molecule has 0 unspecified atom stereocenters. The van der Waals surface area contributed by atoms with Gasteiger partial charge in [0.05, 0.1) is 5.41 Å². The molecule has 3 rings (SSSR count). The van der Waals surface area contributed by atoms with Crippen LogP contribution in [-0.2, 0) is 21.4 Å². The van der Waals surface area contributed by atoms with Crippen LogP contribution < -0.4 is 10.6 Å². The third-order valence-electron chi connectivity index (χ3n) is 4.66. The van der Waals surface area contributed by atoms with E-state index in [1.807, 2.05) is 0 Å². The minimum absolute atomic E-state index is 0.0147. The number of carbonyl (C=O) groups excluding carboxylic acids is 2. The number of aryl methyl sites for hydroxylation is 1. The molecule has 134 valence electrons. The molecule has 6 heteroatoms. The van der Waals surface area contributed by atoms with Crippen molar-refractivity contribution in [3.63, 3.8) is 0 Å². The number of aliphatic carboxylic acids is 1. The third kappa shape index (κ3) is 3.44. The van der Waals surface area contributed by atoms with Gasteiger partial charge in [0, 0.05) is 23.4 Å². The SMILES string of the molecule is CC(C)(C(=O)O)c1ccc(NC(=O)c2ccc3c(c2)CCC(=O)N3)cc1. The molecule has 0 bridgehead atoms. The van der Waals surface area contributed by atoms with E-state index in [2.05, 4.69) is 10.6 Å². The third-order valence-corrected chi connectivity index (χ3v) is 4.66. The zero-order valence-corrected chi connectivity index (χ0v) is 14.6. The van der Waals surface area contributed by atoms with Crippen molar-refractivity contribution in [1.82, 2.24) is 0 Å². The molecule has 3 N–H and O–H groups in total. The Morgan fingerprint density at radius 2 is 1.77 bits per heavy atom. The molecule has 2 aromatic rings. The predicted octanol–water partition coefficient (Wildman–Crippen LogP) is 3.19. The summed E-state index contributed by atoms with van der Waals surface area (Å²) in [6, 6.07) is 12.0. The fraction of sp³-hybridized carbons (Fsp3) is 0.250. The molecule has 0 saturated heterocycles. The Kier molecular flexibility index (Phi) is 4.50. The Bertz CT molecular complexity index is 885. The molecule has 0 fully saturated rings. The van der Waals surface area contributed by atoms with E-state index >= 15 is 0 Å². The number of nitrogens with one attached hydrogen (secondary N) is 2. The summed E-state index contributed by atoms with van der Waals surface area (Å²) < 4.78 is 0. The molecule has 0 saturated carbocycles. The molecule has 0 aromatic heterocycles. The molecule has 2 amide bonds. The first-order valence-electron chi connectivity index (χ1n) is 8.35. The highest BCUT2D eigenvalue weighted by molar-refractivity contribution is 6.05. The van der Waals surface area contributed by atoms with Gasteiger partial charge < -0.3 is 15.7 Å². The second-order valence-electron chi connectivity index (χ2n) is 6.88. The maximum Gasteiger partial charge on any atom is 0.313 e. The zero-order valence-electron chi connectivity index (χ0n) is 14.6. The smallest absolute Gasteiger partial charge is 0.313 e. The Morgan fingerprint density at radius 1 is 1.08 bits per heavy atom. The fourth-order valence-electron chi connectivity index (χ4n) is 2.82. The number of hydrogen-bond donors (Lipinski definition) is 3. The van der Waals surface area contributed by atoms with Crippen LogP contribution in [0.2, 0.25) is 0 Å². The monoisotopic (exact) mass is 352 g/mol. The van der Waals surface area contributed by atoms with Crippen LogP contribution in [0.5, 0.6) is 0 Å². The van der Waals surface area contributed by atoms with Crippen LogP contribution in [0, 0.1) is 0 Å². The summed E-state index contributed by atoms with van der Waals surface area (Å²) >= 11 is 0. The summed E-state index contributed by atoms with van der Waals surface area (Å²) in [7, 11) is 0. The average molecular weight is 352 g/mol. The quantitative estimate of drug-likeness (QED) is 0.787. The summed E-state index contributed by atoms with van der Waals surface area (Å²) in [6.07, 6.45) is 1.03. The van der Waals surface area contributed by atoms with E-state index in [-0.39, 0.29) is 11.8 Å². The lowest BCUT2D eigenvalue weighted by Gasteiger charge is -2.20. The first-order chi connectivity index (χ1) is 12.3. The minimum Gasteiger partial charge on any atom is -0.481 e. The first-order valence-corrected chi connectivity index (χ1v) is 8.35. The number of carboxylic acids is 1. The standard InChI is InChI=1S/C20H20N2O4/c1-20(2,19(25)26)14-5-7-15(8-6-14)21-18(24)13-3-9-16-12(11-13)4-10-17(23)22-16/h3,5-9,11H,4,10H2,1-2H3,(H,21,24)(H,22,23)(H,25,26).